The quantitative estimate of drug-likeness (QED) is 0.326. The Kier molecular flexibility index (Phi) is 5.75. The van der Waals surface area contributed by atoms with E-state index >= 15 is 0 Å². The summed E-state index contributed by atoms with van der Waals surface area (Å²) < 4.78 is 14.7. The molecule has 0 radical (unpaired) electrons. The second-order valence-electron chi connectivity index (χ2n) is 8.75. The lowest BCUT2D eigenvalue weighted by Crippen LogP contribution is -2.31. The Hall–Kier alpha value is -3.80. The molecular formula is C29H31N3O3. The van der Waals surface area contributed by atoms with Gasteiger partial charge in [0.05, 0.1) is 7.11 Å². The molecule has 1 atom stereocenters. The van der Waals surface area contributed by atoms with E-state index < -0.39 is 11.6 Å². The molecule has 0 amide bonds. The summed E-state index contributed by atoms with van der Waals surface area (Å²) in [5, 5.41) is 1.05. The number of anilines is 1. The highest BCUT2D eigenvalue weighted by Crippen LogP contribution is 2.53. The van der Waals surface area contributed by atoms with Gasteiger partial charge in [-0.15, -0.1) is 0 Å². The molecule has 4 aromatic rings. The minimum absolute atomic E-state index is 0.343. The summed E-state index contributed by atoms with van der Waals surface area (Å²) in [5.41, 5.74) is 4.85. The highest BCUT2D eigenvalue weighted by Gasteiger charge is 2.53. The molecule has 5 rings (SSSR count). The molecule has 0 fully saturated rings. The number of carbonyl (C=O) groups is 1. The fraction of sp³-hybridized carbons (Fsp3) is 0.310. The molecule has 3 heterocycles. The van der Waals surface area contributed by atoms with Crippen LogP contribution in [0.5, 0.6) is 5.75 Å². The van der Waals surface area contributed by atoms with Crippen LogP contribution in [-0.2, 0) is 16.9 Å². The van der Waals surface area contributed by atoms with Gasteiger partial charge in [-0.1, -0.05) is 24.3 Å². The van der Waals surface area contributed by atoms with E-state index in [4.69, 9.17) is 9.47 Å². The van der Waals surface area contributed by atoms with Crippen molar-refractivity contribution in [1.29, 1.82) is 0 Å². The molecule has 1 unspecified atom stereocenters. The standard InChI is InChI=1S/C29H31N3O3/c1-6-31(7-2)20-15-16-22(25(18-20)34-5)29(23-13-11-17-30-27(23)28(33)35-29)26-19(4)32(8-3)24-14-10-9-12-21(24)26/h9-18H,6-8H2,1-5H3. The molecule has 0 bridgehead atoms. The Balaban J connectivity index is 1.90. The number of hydrogen-bond acceptors (Lipinski definition) is 5. The predicted octanol–water partition coefficient (Wildman–Crippen LogP) is 5.68. The van der Waals surface area contributed by atoms with Crippen LogP contribution in [0.25, 0.3) is 10.9 Å². The Morgan fingerprint density at radius 2 is 1.80 bits per heavy atom. The highest BCUT2D eigenvalue weighted by molar-refractivity contribution is 5.97. The molecule has 0 spiro atoms. The maximum Gasteiger partial charge on any atom is 0.358 e. The molecule has 1 aliphatic rings. The topological polar surface area (TPSA) is 56.6 Å². The normalized spacial score (nSPS) is 16.9. The first-order chi connectivity index (χ1) is 17.0. The fourth-order valence-corrected chi connectivity index (χ4v) is 5.65. The van der Waals surface area contributed by atoms with Gasteiger partial charge in [0.25, 0.3) is 0 Å². The maximum atomic E-state index is 13.3. The first kappa shape index (κ1) is 23.0. The smallest absolute Gasteiger partial charge is 0.358 e. The average Bonchev–Trinajstić information content (AvgIpc) is 3.35. The van der Waals surface area contributed by atoms with Gasteiger partial charge < -0.3 is 18.9 Å². The number of hydrogen-bond donors (Lipinski definition) is 0. The zero-order valence-electron chi connectivity index (χ0n) is 21.0. The van der Waals surface area contributed by atoms with E-state index in [9.17, 15) is 4.79 Å². The number of fused-ring (bicyclic) bond motifs is 2. The summed E-state index contributed by atoms with van der Waals surface area (Å²) in [4.78, 5) is 20.0. The van der Waals surface area contributed by atoms with Gasteiger partial charge in [0.1, 0.15) is 5.75 Å². The monoisotopic (exact) mass is 469 g/mol. The molecule has 0 aliphatic carbocycles. The lowest BCUT2D eigenvalue weighted by atomic mass is 9.79. The van der Waals surface area contributed by atoms with Crippen LogP contribution in [0.2, 0.25) is 0 Å². The number of nitrogens with zero attached hydrogens (tertiary/aromatic N) is 3. The number of esters is 1. The third-order valence-corrected chi connectivity index (χ3v) is 7.22. The van der Waals surface area contributed by atoms with Gasteiger partial charge in [-0.3, -0.25) is 0 Å². The third-order valence-electron chi connectivity index (χ3n) is 7.22. The lowest BCUT2D eigenvalue weighted by Gasteiger charge is -2.32. The van der Waals surface area contributed by atoms with E-state index in [1.807, 2.05) is 36.4 Å². The number of para-hydroxylation sites is 1. The predicted molar refractivity (Wildman–Crippen MR) is 138 cm³/mol. The Labute approximate surface area is 206 Å². The van der Waals surface area contributed by atoms with E-state index in [1.54, 1.807) is 13.3 Å². The van der Waals surface area contributed by atoms with Crippen molar-refractivity contribution in [2.24, 2.45) is 0 Å². The van der Waals surface area contributed by atoms with Crippen LogP contribution in [0.4, 0.5) is 5.69 Å². The van der Waals surface area contributed by atoms with Crippen molar-refractivity contribution < 1.29 is 14.3 Å². The molecule has 2 aromatic carbocycles. The Morgan fingerprint density at radius 1 is 1.03 bits per heavy atom. The van der Waals surface area contributed by atoms with Gasteiger partial charge >= 0.3 is 5.97 Å². The first-order valence-electron chi connectivity index (χ1n) is 12.2. The van der Waals surface area contributed by atoms with Crippen LogP contribution in [0.1, 0.15) is 53.6 Å². The Bertz CT molecular complexity index is 1420. The summed E-state index contributed by atoms with van der Waals surface area (Å²) in [7, 11) is 1.67. The number of carbonyl (C=O) groups excluding carboxylic acids is 1. The minimum atomic E-state index is -1.18. The zero-order valence-corrected chi connectivity index (χ0v) is 21.0. The molecule has 1 aliphatic heterocycles. The van der Waals surface area contributed by atoms with Crippen molar-refractivity contribution in [3.05, 3.63) is 88.9 Å². The number of cyclic esters (lactones) is 1. The first-order valence-corrected chi connectivity index (χ1v) is 12.2. The molecule has 0 saturated heterocycles. The molecule has 0 saturated carbocycles. The van der Waals surface area contributed by atoms with Gasteiger partial charge in [-0.25, -0.2) is 9.78 Å². The van der Waals surface area contributed by atoms with Crippen molar-refractivity contribution in [2.45, 2.75) is 39.8 Å². The van der Waals surface area contributed by atoms with Gasteiger partial charge in [0.2, 0.25) is 0 Å². The molecule has 2 aromatic heterocycles. The van der Waals surface area contributed by atoms with Crippen molar-refractivity contribution in [2.75, 3.05) is 25.1 Å². The van der Waals surface area contributed by atoms with Crippen LogP contribution in [0, 0.1) is 6.92 Å². The summed E-state index contributed by atoms with van der Waals surface area (Å²) in [6, 6.07) is 18.3. The number of aryl methyl sites for hydroxylation is 1. The van der Waals surface area contributed by atoms with Gasteiger partial charge in [0.15, 0.2) is 11.3 Å². The highest BCUT2D eigenvalue weighted by atomic mass is 16.6. The van der Waals surface area contributed by atoms with Crippen LogP contribution >= 0.6 is 0 Å². The number of aromatic nitrogens is 2. The number of pyridine rings is 1. The van der Waals surface area contributed by atoms with Crippen molar-refractivity contribution in [1.82, 2.24) is 9.55 Å². The van der Waals surface area contributed by atoms with Crippen molar-refractivity contribution >= 4 is 22.6 Å². The van der Waals surface area contributed by atoms with Crippen molar-refractivity contribution in [3.63, 3.8) is 0 Å². The molecule has 6 nitrogen and oxygen atoms in total. The van der Waals surface area contributed by atoms with Gasteiger partial charge in [0, 0.05) is 70.9 Å². The summed E-state index contributed by atoms with van der Waals surface area (Å²) in [6.45, 7) is 11.1. The fourth-order valence-electron chi connectivity index (χ4n) is 5.65. The van der Waals surface area contributed by atoms with E-state index in [0.29, 0.717) is 11.4 Å². The number of rotatable bonds is 7. The second kappa shape index (κ2) is 8.77. The Morgan fingerprint density at radius 3 is 2.51 bits per heavy atom. The average molecular weight is 470 g/mol. The minimum Gasteiger partial charge on any atom is -0.496 e. The molecule has 0 N–H and O–H groups in total. The summed E-state index contributed by atoms with van der Waals surface area (Å²) in [6.07, 6.45) is 1.64. The number of ether oxygens (including phenoxy) is 2. The number of methoxy groups -OCH3 is 1. The lowest BCUT2D eigenvalue weighted by molar-refractivity contribution is 0.0244. The third kappa shape index (κ3) is 3.23. The SMILES string of the molecule is CCN(CC)c1ccc(C2(c3c(C)n(CC)c4ccccc34)OC(=O)c3ncccc32)c(OC)c1. The molecule has 180 valence electrons. The summed E-state index contributed by atoms with van der Waals surface area (Å²) >= 11 is 0. The second-order valence-corrected chi connectivity index (χ2v) is 8.75. The van der Waals surface area contributed by atoms with Crippen LogP contribution in [0.15, 0.2) is 60.8 Å². The zero-order chi connectivity index (χ0) is 24.7. The maximum absolute atomic E-state index is 13.3. The summed E-state index contributed by atoms with van der Waals surface area (Å²) in [5.74, 6) is 0.245. The molecular weight excluding hydrogens is 438 g/mol. The van der Waals surface area contributed by atoms with E-state index in [1.165, 1.54) is 0 Å². The number of benzene rings is 2. The van der Waals surface area contributed by atoms with Gasteiger partial charge in [-0.2, -0.15) is 0 Å². The molecule has 35 heavy (non-hydrogen) atoms. The van der Waals surface area contributed by atoms with E-state index in [-0.39, 0.29) is 0 Å². The largest absolute Gasteiger partial charge is 0.496 e. The van der Waals surface area contributed by atoms with Gasteiger partial charge in [-0.05, 0) is 52.0 Å². The van der Waals surface area contributed by atoms with Crippen LogP contribution in [0.3, 0.4) is 0 Å². The van der Waals surface area contributed by atoms with E-state index in [2.05, 4.69) is 60.3 Å². The van der Waals surface area contributed by atoms with Crippen molar-refractivity contribution in [3.8, 4) is 5.75 Å². The van der Waals surface area contributed by atoms with E-state index in [0.717, 1.165) is 58.6 Å². The molecule has 6 heteroatoms. The van der Waals surface area contributed by atoms with Crippen LogP contribution in [-0.4, -0.2) is 35.7 Å². The van der Waals surface area contributed by atoms with Crippen LogP contribution < -0.4 is 9.64 Å².